The van der Waals surface area contributed by atoms with Gasteiger partial charge in [0.25, 0.3) is 5.56 Å². The van der Waals surface area contributed by atoms with Crippen LogP contribution < -0.4 is 10.9 Å². The molecule has 1 aromatic carbocycles. The number of hydrogen-bond donors (Lipinski definition) is 1. The number of fused-ring (bicyclic) bond motifs is 3. The summed E-state index contributed by atoms with van der Waals surface area (Å²) in [6.45, 7) is 2.16. The number of carbonyl (C=O) groups is 1. The third kappa shape index (κ3) is 3.28. The fourth-order valence-electron chi connectivity index (χ4n) is 3.25. The maximum atomic E-state index is 12.9. The number of rotatable bonds is 6. The molecule has 0 atom stereocenters. The van der Waals surface area contributed by atoms with E-state index in [1.54, 1.807) is 34.9 Å². The zero-order valence-corrected chi connectivity index (χ0v) is 15.3. The van der Waals surface area contributed by atoms with E-state index < -0.39 is 0 Å². The molecule has 7 nitrogen and oxygen atoms in total. The summed E-state index contributed by atoms with van der Waals surface area (Å²) in [7, 11) is 0. The Labute approximate surface area is 159 Å². The van der Waals surface area contributed by atoms with Crippen molar-refractivity contribution in [2.75, 3.05) is 6.54 Å². The van der Waals surface area contributed by atoms with Gasteiger partial charge >= 0.3 is 0 Å². The number of hydrogen-bond acceptors (Lipinski definition) is 4. The molecule has 1 amide bonds. The average Bonchev–Trinajstić information content (AvgIpc) is 3.27. The minimum Gasteiger partial charge on any atom is -0.463 e. The molecule has 0 bridgehead atoms. The standard InChI is InChI=1S/C20H19FN4O3/c1-2-18-23-24(20(27)16-11-17-15(25(16)18)8-10-28-17)12-19(26)22-9-7-13-3-5-14(21)6-4-13/h3-6,8,10-11H,2,7,9,12H2,1H3,(H,22,26). The monoisotopic (exact) mass is 382 g/mol. The highest BCUT2D eigenvalue weighted by molar-refractivity contribution is 5.82. The van der Waals surface area contributed by atoms with Crippen LogP contribution >= 0.6 is 0 Å². The molecule has 0 fully saturated rings. The largest absolute Gasteiger partial charge is 0.463 e. The Morgan fingerprint density at radius 1 is 1.21 bits per heavy atom. The van der Waals surface area contributed by atoms with E-state index in [2.05, 4.69) is 10.4 Å². The quantitative estimate of drug-likeness (QED) is 0.555. The number of furan rings is 1. The Hall–Kier alpha value is -3.42. The zero-order chi connectivity index (χ0) is 19.7. The first-order valence-electron chi connectivity index (χ1n) is 9.06. The van der Waals surface area contributed by atoms with Gasteiger partial charge in [-0.15, -0.1) is 0 Å². The average molecular weight is 382 g/mol. The molecule has 0 spiro atoms. The van der Waals surface area contributed by atoms with Crippen molar-refractivity contribution >= 4 is 22.5 Å². The van der Waals surface area contributed by atoms with Gasteiger partial charge in [0.15, 0.2) is 5.58 Å². The van der Waals surface area contributed by atoms with Gasteiger partial charge in [0.1, 0.15) is 23.7 Å². The van der Waals surface area contributed by atoms with Crippen molar-refractivity contribution in [2.24, 2.45) is 0 Å². The van der Waals surface area contributed by atoms with E-state index >= 15 is 0 Å². The molecule has 0 saturated heterocycles. The van der Waals surface area contributed by atoms with E-state index in [1.807, 2.05) is 6.92 Å². The number of amides is 1. The lowest BCUT2D eigenvalue weighted by Crippen LogP contribution is -2.36. The van der Waals surface area contributed by atoms with Gasteiger partial charge < -0.3 is 9.73 Å². The Balaban J connectivity index is 1.50. The molecule has 0 saturated carbocycles. The first-order valence-corrected chi connectivity index (χ1v) is 9.06. The van der Waals surface area contributed by atoms with Gasteiger partial charge in [-0.05, 0) is 24.1 Å². The molecular formula is C20H19FN4O3. The van der Waals surface area contributed by atoms with Gasteiger partial charge in [-0.25, -0.2) is 9.07 Å². The van der Waals surface area contributed by atoms with Crippen molar-refractivity contribution < 1.29 is 13.6 Å². The molecule has 8 heteroatoms. The fraction of sp³-hybridized carbons (Fsp3) is 0.250. The van der Waals surface area contributed by atoms with Gasteiger partial charge in [0, 0.05) is 25.1 Å². The van der Waals surface area contributed by atoms with Crippen LogP contribution in [0, 0.1) is 5.82 Å². The van der Waals surface area contributed by atoms with Crippen LogP contribution in [0.15, 0.2) is 51.9 Å². The molecule has 0 aliphatic carbocycles. The van der Waals surface area contributed by atoms with E-state index in [0.717, 1.165) is 11.1 Å². The lowest BCUT2D eigenvalue weighted by molar-refractivity contribution is -0.121. The molecule has 144 valence electrons. The third-order valence-corrected chi connectivity index (χ3v) is 4.63. The first kappa shape index (κ1) is 18.0. The van der Waals surface area contributed by atoms with Crippen LogP contribution in [-0.4, -0.2) is 26.6 Å². The summed E-state index contributed by atoms with van der Waals surface area (Å²) in [5.41, 5.74) is 2.39. The normalized spacial score (nSPS) is 11.4. The Morgan fingerprint density at radius 2 is 2.00 bits per heavy atom. The van der Waals surface area contributed by atoms with E-state index in [1.165, 1.54) is 16.8 Å². The topological polar surface area (TPSA) is 81.5 Å². The second kappa shape index (κ2) is 7.30. The fourth-order valence-corrected chi connectivity index (χ4v) is 3.25. The highest BCUT2D eigenvalue weighted by atomic mass is 19.1. The first-order chi connectivity index (χ1) is 13.6. The van der Waals surface area contributed by atoms with E-state index in [-0.39, 0.29) is 23.8 Å². The van der Waals surface area contributed by atoms with Crippen LogP contribution in [0.25, 0.3) is 16.6 Å². The maximum absolute atomic E-state index is 12.9. The summed E-state index contributed by atoms with van der Waals surface area (Å²) in [5.74, 6) is 0.0704. The van der Waals surface area contributed by atoms with Crippen LogP contribution in [0.4, 0.5) is 4.39 Å². The smallest absolute Gasteiger partial charge is 0.291 e. The molecule has 4 aromatic rings. The molecule has 28 heavy (non-hydrogen) atoms. The van der Waals surface area contributed by atoms with Crippen molar-refractivity contribution in [3.63, 3.8) is 0 Å². The molecule has 3 aromatic heterocycles. The molecular weight excluding hydrogens is 363 g/mol. The second-order valence-electron chi connectivity index (χ2n) is 6.49. The molecule has 0 unspecified atom stereocenters. The molecule has 4 rings (SSSR count). The lowest BCUT2D eigenvalue weighted by atomic mass is 10.1. The number of aryl methyl sites for hydroxylation is 1. The van der Waals surface area contributed by atoms with Crippen LogP contribution in [0.3, 0.4) is 0 Å². The SMILES string of the molecule is CCc1nn(CC(=O)NCCc2ccc(F)cc2)c(=O)c2cc3occc3n12. The number of halogens is 1. The second-order valence-corrected chi connectivity index (χ2v) is 6.49. The maximum Gasteiger partial charge on any atom is 0.291 e. The molecule has 0 radical (unpaired) electrons. The van der Waals surface area contributed by atoms with Crippen molar-refractivity contribution in [3.8, 4) is 0 Å². The van der Waals surface area contributed by atoms with E-state index in [9.17, 15) is 14.0 Å². The molecule has 1 N–H and O–H groups in total. The Kier molecular flexibility index (Phi) is 4.68. The van der Waals surface area contributed by atoms with Gasteiger partial charge in [-0.1, -0.05) is 19.1 Å². The highest BCUT2D eigenvalue weighted by Crippen LogP contribution is 2.20. The lowest BCUT2D eigenvalue weighted by Gasteiger charge is -2.10. The highest BCUT2D eigenvalue weighted by Gasteiger charge is 2.16. The number of nitrogens with one attached hydrogen (secondary N) is 1. The van der Waals surface area contributed by atoms with Crippen LogP contribution in [0.2, 0.25) is 0 Å². The van der Waals surface area contributed by atoms with E-state index in [0.29, 0.717) is 36.3 Å². The number of aromatic nitrogens is 3. The van der Waals surface area contributed by atoms with Gasteiger partial charge in [-0.3, -0.25) is 14.0 Å². The van der Waals surface area contributed by atoms with Crippen LogP contribution in [-0.2, 0) is 24.2 Å². The minimum absolute atomic E-state index is 0.168. The summed E-state index contributed by atoms with van der Waals surface area (Å²) in [6, 6.07) is 9.58. The van der Waals surface area contributed by atoms with Crippen molar-refractivity contribution in [2.45, 2.75) is 26.3 Å². The minimum atomic E-state index is -0.350. The molecule has 0 aliphatic heterocycles. The Morgan fingerprint density at radius 3 is 2.75 bits per heavy atom. The van der Waals surface area contributed by atoms with Crippen LogP contribution in [0.1, 0.15) is 18.3 Å². The van der Waals surface area contributed by atoms with Gasteiger partial charge in [-0.2, -0.15) is 5.10 Å². The summed E-state index contributed by atoms with van der Waals surface area (Å²) in [6.07, 6.45) is 2.73. The van der Waals surface area contributed by atoms with Crippen molar-refractivity contribution in [1.82, 2.24) is 19.5 Å². The number of nitrogens with zero attached hydrogens (tertiary/aromatic N) is 3. The molecule has 3 heterocycles. The molecule has 0 aliphatic rings. The van der Waals surface area contributed by atoms with Crippen molar-refractivity contribution in [3.05, 3.63) is 70.2 Å². The predicted octanol–water partition coefficient (Wildman–Crippen LogP) is 2.30. The van der Waals surface area contributed by atoms with Gasteiger partial charge in [0.2, 0.25) is 5.91 Å². The van der Waals surface area contributed by atoms with E-state index in [4.69, 9.17) is 4.42 Å². The van der Waals surface area contributed by atoms with Gasteiger partial charge in [0.05, 0.1) is 11.8 Å². The summed E-state index contributed by atoms with van der Waals surface area (Å²) < 4.78 is 21.3. The van der Waals surface area contributed by atoms with Crippen molar-refractivity contribution in [1.29, 1.82) is 0 Å². The number of benzene rings is 1. The third-order valence-electron chi connectivity index (χ3n) is 4.63. The Bertz CT molecular complexity index is 1200. The summed E-state index contributed by atoms with van der Waals surface area (Å²) >= 11 is 0. The summed E-state index contributed by atoms with van der Waals surface area (Å²) in [5, 5.41) is 7.13. The van der Waals surface area contributed by atoms with Crippen LogP contribution in [0.5, 0.6) is 0 Å². The summed E-state index contributed by atoms with van der Waals surface area (Å²) in [4.78, 5) is 25.0. The predicted molar refractivity (Wildman–Crippen MR) is 102 cm³/mol. The number of carbonyl (C=O) groups excluding carboxylic acids is 1. The zero-order valence-electron chi connectivity index (χ0n) is 15.3.